The highest BCUT2D eigenvalue weighted by molar-refractivity contribution is 5.37. The predicted octanol–water partition coefficient (Wildman–Crippen LogP) is 3.38. The summed E-state index contributed by atoms with van der Waals surface area (Å²) in [6, 6.07) is 4.53. The first kappa shape index (κ1) is 14.8. The number of aromatic nitrogens is 2. The SMILES string of the molecule is Cc1cc(C)c(CNCCCCn2ccnc2)c(C)c1. The Labute approximate surface area is 122 Å². The van der Waals surface area contributed by atoms with Crippen LogP contribution in [-0.2, 0) is 13.1 Å². The smallest absolute Gasteiger partial charge is 0.0945 e. The molecule has 0 unspecified atom stereocenters. The van der Waals surface area contributed by atoms with Crippen LogP contribution in [0.3, 0.4) is 0 Å². The predicted molar refractivity (Wildman–Crippen MR) is 83.8 cm³/mol. The minimum atomic E-state index is 0.975. The summed E-state index contributed by atoms with van der Waals surface area (Å²) in [5.41, 5.74) is 5.59. The van der Waals surface area contributed by atoms with Crippen molar-refractivity contribution in [3.8, 4) is 0 Å². The fourth-order valence-electron chi connectivity index (χ4n) is 2.67. The number of benzene rings is 1. The number of aryl methyl sites for hydroxylation is 4. The van der Waals surface area contributed by atoms with E-state index in [0.717, 1.165) is 19.6 Å². The van der Waals surface area contributed by atoms with Crippen LogP contribution >= 0.6 is 0 Å². The van der Waals surface area contributed by atoms with Gasteiger partial charge < -0.3 is 9.88 Å². The molecule has 2 aromatic rings. The van der Waals surface area contributed by atoms with Gasteiger partial charge in [-0.2, -0.15) is 0 Å². The largest absolute Gasteiger partial charge is 0.337 e. The lowest BCUT2D eigenvalue weighted by molar-refractivity contribution is 0.567. The van der Waals surface area contributed by atoms with Crippen molar-refractivity contribution >= 4 is 0 Å². The molecule has 0 atom stereocenters. The van der Waals surface area contributed by atoms with Crippen molar-refractivity contribution in [1.29, 1.82) is 0 Å². The first-order valence-corrected chi connectivity index (χ1v) is 7.40. The van der Waals surface area contributed by atoms with Crippen LogP contribution in [0.25, 0.3) is 0 Å². The van der Waals surface area contributed by atoms with Gasteiger partial charge in [0.15, 0.2) is 0 Å². The number of nitrogens with zero attached hydrogens (tertiary/aromatic N) is 2. The standard InChI is InChI=1S/C17H25N3/c1-14-10-15(2)17(16(3)11-14)12-18-6-4-5-8-20-9-7-19-13-20/h7,9-11,13,18H,4-6,8,12H2,1-3H3. The maximum Gasteiger partial charge on any atom is 0.0945 e. The zero-order chi connectivity index (χ0) is 14.4. The molecule has 0 saturated carbocycles. The molecule has 0 aliphatic heterocycles. The number of imidazole rings is 1. The summed E-state index contributed by atoms with van der Waals surface area (Å²) in [5, 5.41) is 3.56. The normalized spacial score (nSPS) is 10.9. The molecule has 3 heteroatoms. The lowest BCUT2D eigenvalue weighted by Crippen LogP contribution is -2.16. The van der Waals surface area contributed by atoms with Crippen LogP contribution in [0.4, 0.5) is 0 Å². The van der Waals surface area contributed by atoms with Gasteiger partial charge >= 0.3 is 0 Å². The van der Waals surface area contributed by atoms with Crippen molar-refractivity contribution in [3.63, 3.8) is 0 Å². The molecule has 2 rings (SSSR count). The van der Waals surface area contributed by atoms with Crippen molar-refractivity contribution in [2.75, 3.05) is 6.54 Å². The topological polar surface area (TPSA) is 29.9 Å². The zero-order valence-corrected chi connectivity index (χ0v) is 12.8. The molecule has 1 aromatic heterocycles. The van der Waals surface area contributed by atoms with Crippen molar-refractivity contribution in [2.45, 2.75) is 46.7 Å². The van der Waals surface area contributed by atoms with E-state index in [9.17, 15) is 0 Å². The van der Waals surface area contributed by atoms with E-state index in [2.05, 4.69) is 47.8 Å². The number of hydrogen-bond acceptors (Lipinski definition) is 2. The van der Waals surface area contributed by atoms with Crippen molar-refractivity contribution in [1.82, 2.24) is 14.9 Å². The maximum atomic E-state index is 4.05. The van der Waals surface area contributed by atoms with Crippen LogP contribution < -0.4 is 5.32 Å². The molecule has 0 fully saturated rings. The molecule has 0 radical (unpaired) electrons. The van der Waals surface area contributed by atoms with Gasteiger partial charge in [-0.15, -0.1) is 0 Å². The second-order valence-electron chi connectivity index (χ2n) is 5.56. The van der Waals surface area contributed by atoms with Gasteiger partial charge in [-0.05, 0) is 56.8 Å². The van der Waals surface area contributed by atoms with Gasteiger partial charge in [0.2, 0.25) is 0 Å². The minimum Gasteiger partial charge on any atom is -0.337 e. The third-order valence-corrected chi connectivity index (χ3v) is 3.72. The zero-order valence-electron chi connectivity index (χ0n) is 12.8. The van der Waals surface area contributed by atoms with E-state index < -0.39 is 0 Å². The molecular formula is C17H25N3. The molecule has 20 heavy (non-hydrogen) atoms. The number of rotatable bonds is 7. The molecule has 3 nitrogen and oxygen atoms in total. The number of nitrogens with one attached hydrogen (secondary N) is 1. The fraction of sp³-hybridized carbons (Fsp3) is 0.471. The first-order valence-electron chi connectivity index (χ1n) is 7.40. The van der Waals surface area contributed by atoms with E-state index in [-0.39, 0.29) is 0 Å². The van der Waals surface area contributed by atoms with E-state index in [1.54, 1.807) is 0 Å². The van der Waals surface area contributed by atoms with Crippen LogP contribution in [-0.4, -0.2) is 16.1 Å². The van der Waals surface area contributed by atoms with Crippen LogP contribution in [0.5, 0.6) is 0 Å². The van der Waals surface area contributed by atoms with Crippen LogP contribution in [0.1, 0.15) is 35.1 Å². The lowest BCUT2D eigenvalue weighted by atomic mass is 10.00. The third-order valence-electron chi connectivity index (χ3n) is 3.72. The Balaban J connectivity index is 1.68. The molecular weight excluding hydrogens is 246 g/mol. The average molecular weight is 271 g/mol. The van der Waals surface area contributed by atoms with E-state index in [0.29, 0.717) is 0 Å². The van der Waals surface area contributed by atoms with Gasteiger partial charge in [0.25, 0.3) is 0 Å². The molecule has 0 saturated heterocycles. The monoisotopic (exact) mass is 271 g/mol. The van der Waals surface area contributed by atoms with Crippen molar-refractivity contribution in [2.24, 2.45) is 0 Å². The summed E-state index contributed by atoms with van der Waals surface area (Å²) in [7, 11) is 0. The molecule has 0 amide bonds. The Morgan fingerprint density at radius 2 is 1.85 bits per heavy atom. The molecule has 108 valence electrons. The van der Waals surface area contributed by atoms with Gasteiger partial charge in [-0.3, -0.25) is 0 Å². The van der Waals surface area contributed by atoms with Crippen LogP contribution in [0.2, 0.25) is 0 Å². The highest BCUT2D eigenvalue weighted by atomic mass is 15.0. The van der Waals surface area contributed by atoms with Crippen LogP contribution in [0.15, 0.2) is 30.9 Å². The Bertz CT molecular complexity index is 506. The van der Waals surface area contributed by atoms with Gasteiger partial charge in [-0.1, -0.05) is 17.7 Å². The summed E-state index contributed by atoms with van der Waals surface area (Å²) in [4.78, 5) is 4.05. The van der Waals surface area contributed by atoms with E-state index in [1.165, 1.54) is 35.1 Å². The summed E-state index contributed by atoms with van der Waals surface area (Å²) in [5.74, 6) is 0. The quantitative estimate of drug-likeness (QED) is 0.782. The molecule has 0 spiro atoms. The number of hydrogen-bond donors (Lipinski definition) is 1. The van der Waals surface area contributed by atoms with Gasteiger partial charge in [-0.25, -0.2) is 4.98 Å². The average Bonchev–Trinajstić information content (AvgIpc) is 2.89. The minimum absolute atomic E-state index is 0.975. The van der Waals surface area contributed by atoms with Gasteiger partial charge in [0.05, 0.1) is 6.33 Å². The Morgan fingerprint density at radius 1 is 1.10 bits per heavy atom. The summed E-state index contributed by atoms with van der Waals surface area (Å²) >= 11 is 0. The summed E-state index contributed by atoms with van der Waals surface area (Å²) in [6.45, 7) is 9.67. The number of unbranched alkanes of at least 4 members (excludes halogenated alkanes) is 1. The van der Waals surface area contributed by atoms with Crippen LogP contribution in [0, 0.1) is 20.8 Å². The van der Waals surface area contributed by atoms with E-state index in [4.69, 9.17) is 0 Å². The molecule has 0 aliphatic carbocycles. The summed E-state index contributed by atoms with van der Waals surface area (Å²) in [6.07, 6.45) is 8.12. The van der Waals surface area contributed by atoms with E-state index in [1.807, 2.05) is 18.7 Å². The third kappa shape index (κ3) is 4.20. The molecule has 0 aliphatic rings. The molecule has 0 bridgehead atoms. The van der Waals surface area contributed by atoms with Crippen molar-refractivity contribution < 1.29 is 0 Å². The fourth-order valence-corrected chi connectivity index (χ4v) is 2.67. The van der Waals surface area contributed by atoms with E-state index >= 15 is 0 Å². The molecule has 1 aromatic carbocycles. The summed E-state index contributed by atoms with van der Waals surface area (Å²) < 4.78 is 2.13. The first-order chi connectivity index (χ1) is 9.66. The Morgan fingerprint density at radius 3 is 2.50 bits per heavy atom. The van der Waals surface area contributed by atoms with Crippen molar-refractivity contribution in [3.05, 3.63) is 53.1 Å². The Kier molecular flexibility index (Phi) is 5.36. The van der Waals surface area contributed by atoms with Gasteiger partial charge in [0.1, 0.15) is 0 Å². The second kappa shape index (κ2) is 7.25. The molecule has 1 N–H and O–H groups in total. The Hall–Kier alpha value is -1.61. The maximum absolute atomic E-state index is 4.05. The van der Waals surface area contributed by atoms with Gasteiger partial charge in [0, 0.05) is 25.5 Å². The lowest BCUT2D eigenvalue weighted by Gasteiger charge is -2.12. The highest BCUT2D eigenvalue weighted by Gasteiger charge is 2.03. The highest BCUT2D eigenvalue weighted by Crippen LogP contribution is 2.15. The molecule has 1 heterocycles. The second-order valence-corrected chi connectivity index (χ2v) is 5.56.